The Morgan fingerprint density at radius 3 is 2.27 bits per heavy atom. The van der Waals surface area contributed by atoms with Gasteiger partial charge in [0.25, 0.3) is 0 Å². The summed E-state index contributed by atoms with van der Waals surface area (Å²) in [5.74, 6) is 0.231. The van der Waals surface area contributed by atoms with Gasteiger partial charge in [-0.1, -0.05) is 15.9 Å². The molecule has 0 spiro atoms. The number of halogens is 3. The van der Waals surface area contributed by atoms with Crippen molar-refractivity contribution in [2.45, 2.75) is 6.92 Å². The fourth-order valence-corrected chi connectivity index (χ4v) is 2.18. The number of rotatable bonds is 0. The Balaban J connectivity index is 3.46. The highest BCUT2D eigenvalue weighted by Gasteiger charge is 2.08. The van der Waals surface area contributed by atoms with Crippen molar-refractivity contribution in [3.05, 3.63) is 25.0 Å². The second-order valence-corrected chi connectivity index (χ2v) is 4.57. The summed E-state index contributed by atoms with van der Waals surface area (Å²) in [6.45, 7) is 1.96. The third-order valence-corrected chi connectivity index (χ3v) is 4.52. The molecule has 60 valence electrons. The largest absolute Gasteiger partial charge is 0.507 e. The van der Waals surface area contributed by atoms with Crippen LogP contribution in [-0.4, -0.2) is 5.11 Å². The highest BCUT2D eigenvalue weighted by molar-refractivity contribution is 9.13. The minimum absolute atomic E-state index is 0.231. The van der Waals surface area contributed by atoms with Gasteiger partial charge >= 0.3 is 0 Å². The molecule has 0 amide bonds. The molecule has 1 nitrogen and oxygen atoms in total. The van der Waals surface area contributed by atoms with Crippen molar-refractivity contribution in [3.8, 4) is 5.75 Å². The van der Waals surface area contributed by atoms with Crippen LogP contribution in [0.5, 0.6) is 5.75 Å². The first-order valence-corrected chi connectivity index (χ1v) is 5.25. The van der Waals surface area contributed by atoms with Gasteiger partial charge in [-0.05, 0) is 50.4 Å². The molecule has 0 atom stereocenters. The van der Waals surface area contributed by atoms with E-state index in [2.05, 4.69) is 47.8 Å². The zero-order chi connectivity index (χ0) is 8.59. The molecule has 0 aliphatic carbocycles. The highest BCUT2D eigenvalue weighted by Crippen LogP contribution is 2.38. The van der Waals surface area contributed by atoms with E-state index in [4.69, 9.17) is 0 Å². The van der Waals surface area contributed by atoms with Crippen molar-refractivity contribution in [3.63, 3.8) is 0 Å². The minimum Gasteiger partial charge on any atom is -0.507 e. The van der Waals surface area contributed by atoms with Gasteiger partial charge in [0.05, 0.1) is 4.47 Å². The SMILES string of the molecule is Cc1c(Br)cc(O)c(Br)c1Br. The van der Waals surface area contributed by atoms with E-state index in [-0.39, 0.29) is 5.75 Å². The van der Waals surface area contributed by atoms with Crippen molar-refractivity contribution in [1.82, 2.24) is 0 Å². The summed E-state index contributed by atoms with van der Waals surface area (Å²) in [7, 11) is 0. The van der Waals surface area contributed by atoms with Gasteiger partial charge in [0.1, 0.15) is 5.75 Å². The minimum atomic E-state index is 0.231. The molecule has 0 saturated heterocycles. The molecule has 0 fully saturated rings. The Bertz CT molecular complexity index is 270. The first kappa shape index (κ1) is 9.55. The lowest BCUT2D eigenvalue weighted by Crippen LogP contribution is -1.80. The smallest absolute Gasteiger partial charge is 0.132 e. The summed E-state index contributed by atoms with van der Waals surface area (Å²) in [6.07, 6.45) is 0. The van der Waals surface area contributed by atoms with Crippen molar-refractivity contribution in [1.29, 1.82) is 0 Å². The van der Waals surface area contributed by atoms with Crippen molar-refractivity contribution in [2.24, 2.45) is 0 Å². The van der Waals surface area contributed by atoms with Gasteiger partial charge in [-0.15, -0.1) is 0 Å². The number of phenolic OH excluding ortho intramolecular Hbond substituents is 1. The first-order valence-electron chi connectivity index (χ1n) is 2.87. The van der Waals surface area contributed by atoms with Crippen LogP contribution < -0.4 is 0 Å². The number of hydrogen-bond acceptors (Lipinski definition) is 1. The molecule has 0 bridgehead atoms. The molecule has 0 aromatic heterocycles. The maximum Gasteiger partial charge on any atom is 0.132 e. The van der Waals surface area contributed by atoms with Gasteiger partial charge in [-0.25, -0.2) is 0 Å². The van der Waals surface area contributed by atoms with Crippen LogP contribution in [0.4, 0.5) is 0 Å². The number of aromatic hydroxyl groups is 1. The molecule has 1 aromatic rings. The lowest BCUT2D eigenvalue weighted by molar-refractivity contribution is 0.471. The van der Waals surface area contributed by atoms with E-state index < -0.39 is 0 Å². The third-order valence-electron chi connectivity index (χ3n) is 1.37. The van der Waals surface area contributed by atoms with E-state index in [1.807, 2.05) is 6.92 Å². The lowest BCUT2D eigenvalue weighted by atomic mass is 10.2. The van der Waals surface area contributed by atoms with E-state index in [0.29, 0.717) is 4.47 Å². The predicted molar refractivity (Wildman–Crippen MR) is 55.9 cm³/mol. The molecule has 1 aromatic carbocycles. The van der Waals surface area contributed by atoms with Crippen molar-refractivity contribution < 1.29 is 5.11 Å². The van der Waals surface area contributed by atoms with Crippen molar-refractivity contribution >= 4 is 47.8 Å². The van der Waals surface area contributed by atoms with E-state index >= 15 is 0 Å². The van der Waals surface area contributed by atoms with Crippen LogP contribution in [0, 0.1) is 6.92 Å². The maximum absolute atomic E-state index is 9.30. The average molecular weight is 345 g/mol. The monoisotopic (exact) mass is 342 g/mol. The Kier molecular flexibility index (Phi) is 3.00. The van der Waals surface area contributed by atoms with Gasteiger partial charge in [-0.2, -0.15) is 0 Å². The fourth-order valence-electron chi connectivity index (χ4n) is 0.674. The molecule has 11 heavy (non-hydrogen) atoms. The normalized spacial score (nSPS) is 10.2. The zero-order valence-corrected chi connectivity index (χ0v) is 10.4. The molecule has 0 saturated carbocycles. The molecular weight excluding hydrogens is 340 g/mol. The summed E-state index contributed by atoms with van der Waals surface area (Å²) in [6, 6.07) is 1.66. The van der Waals surface area contributed by atoms with Crippen LogP contribution in [0.2, 0.25) is 0 Å². The van der Waals surface area contributed by atoms with Crippen LogP contribution in [0.15, 0.2) is 19.5 Å². The molecule has 0 heterocycles. The number of phenols is 1. The van der Waals surface area contributed by atoms with Gasteiger partial charge in [0, 0.05) is 8.95 Å². The predicted octanol–water partition coefficient (Wildman–Crippen LogP) is 3.99. The Labute approximate surface area is 90.2 Å². The molecule has 0 unspecified atom stereocenters. The van der Waals surface area contributed by atoms with Gasteiger partial charge in [-0.3, -0.25) is 0 Å². The van der Waals surface area contributed by atoms with Crippen LogP contribution in [0.25, 0.3) is 0 Å². The first-order chi connectivity index (χ1) is 5.04. The molecule has 1 rings (SSSR count). The second kappa shape index (κ2) is 3.46. The second-order valence-electron chi connectivity index (χ2n) is 2.13. The average Bonchev–Trinajstić information content (AvgIpc) is 1.97. The Morgan fingerprint density at radius 2 is 1.73 bits per heavy atom. The zero-order valence-electron chi connectivity index (χ0n) is 5.66. The highest BCUT2D eigenvalue weighted by atomic mass is 79.9. The standard InChI is InChI=1S/C7H5Br3O/c1-3-4(8)2-5(11)7(10)6(3)9/h2,11H,1H3. The molecule has 0 radical (unpaired) electrons. The van der Waals surface area contributed by atoms with E-state index in [1.54, 1.807) is 6.07 Å². The number of benzene rings is 1. The number of hydrogen-bond donors (Lipinski definition) is 1. The van der Waals surface area contributed by atoms with Gasteiger partial charge in [0.15, 0.2) is 0 Å². The maximum atomic E-state index is 9.30. The third kappa shape index (κ3) is 1.79. The van der Waals surface area contributed by atoms with Crippen molar-refractivity contribution in [2.75, 3.05) is 0 Å². The molecular formula is C7H5Br3O. The van der Waals surface area contributed by atoms with Crippen LogP contribution in [-0.2, 0) is 0 Å². The van der Waals surface area contributed by atoms with Crippen LogP contribution in [0.3, 0.4) is 0 Å². The summed E-state index contributed by atoms with van der Waals surface area (Å²) < 4.78 is 2.47. The molecule has 0 aliphatic heterocycles. The van der Waals surface area contributed by atoms with Crippen LogP contribution >= 0.6 is 47.8 Å². The fraction of sp³-hybridized carbons (Fsp3) is 0.143. The topological polar surface area (TPSA) is 20.2 Å². The Hall–Kier alpha value is 0.460. The summed E-state index contributed by atoms with van der Waals surface area (Å²) in [5, 5.41) is 9.30. The molecule has 0 aliphatic rings. The van der Waals surface area contributed by atoms with E-state index in [0.717, 1.165) is 14.5 Å². The van der Waals surface area contributed by atoms with E-state index in [9.17, 15) is 5.11 Å². The summed E-state index contributed by atoms with van der Waals surface area (Å²) >= 11 is 9.91. The van der Waals surface area contributed by atoms with Gasteiger partial charge < -0.3 is 5.11 Å². The quantitative estimate of drug-likeness (QED) is 0.706. The van der Waals surface area contributed by atoms with Gasteiger partial charge in [0.2, 0.25) is 0 Å². The lowest BCUT2D eigenvalue weighted by Gasteiger charge is -2.05. The van der Waals surface area contributed by atoms with Crippen LogP contribution in [0.1, 0.15) is 5.56 Å². The molecule has 1 N–H and O–H groups in total. The summed E-state index contributed by atoms with van der Waals surface area (Å²) in [5.41, 5.74) is 1.06. The van der Waals surface area contributed by atoms with E-state index in [1.165, 1.54) is 0 Å². The Morgan fingerprint density at radius 1 is 1.18 bits per heavy atom. The summed E-state index contributed by atoms with van der Waals surface area (Å²) in [4.78, 5) is 0. The molecule has 4 heteroatoms.